The molecule has 0 bridgehead atoms. The minimum atomic E-state index is -0.0815. The summed E-state index contributed by atoms with van der Waals surface area (Å²) in [6, 6.07) is 5.70. The SMILES string of the molecule is CC=NC(=C\C)/C=C1/CCOc2ccc(NC(C)=O)cc21. The second kappa shape index (κ2) is 6.88. The van der Waals surface area contributed by atoms with Crippen LogP contribution >= 0.6 is 0 Å². The fraction of sp³-hybridized carbons (Fsp3) is 0.294. The van der Waals surface area contributed by atoms with Crippen LogP contribution in [0.1, 0.15) is 32.8 Å². The van der Waals surface area contributed by atoms with E-state index in [1.165, 1.54) is 12.5 Å². The van der Waals surface area contributed by atoms with E-state index in [-0.39, 0.29) is 5.91 Å². The molecule has 1 aliphatic rings. The van der Waals surface area contributed by atoms with Gasteiger partial charge in [-0.3, -0.25) is 9.79 Å². The molecule has 110 valence electrons. The second-order valence-corrected chi connectivity index (χ2v) is 4.76. The van der Waals surface area contributed by atoms with E-state index in [2.05, 4.69) is 16.4 Å². The first kappa shape index (κ1) is 15.0. The van der Waals surface area contributed by atoms with Gasteiger partial charge in [-0.05, 0) is 43.7 Å². The number of carbonyl (C=O) groups is 1. The van der Waals surface area contributed by atoms with Crippen molar-refractivity contribution in [3.8, 4) is 5.75 Å². The van der Waals surface area contributed by atoms with Crippen molar-refractivity contribution in [2.75, 3.05) is 11.9 Å². The van der Waals surface area contributed by atoms with Crippen LogP contribution in [0.25, 0.3) is 5.57 Å². The molecule has 0 radical (unpaired) electrons. The lowest BCUT2D eigenvalue weighted by molar-refractivity contribution is -0.114. The van der Waals surface area contributed by atoms with Gasteiger partial charge < -0.3 is 10.1 Å². The molecule has 0 unspecified atom stereocenters. The lowest BCUT2D eigenvalue weighted by Crippen LogP contribution is -2.10. The van der Waals surface area contributed by atoms with Gasteiger partial charge in [-0.15, -0.1) is 0 Å². The zero-order valence-corrected chi connectivity index (χ0v) is 12.6. The number of hydrogen-bond acceptors (Lipinski definition) is 3. The Morgan fingerprint density at radius 3 is 2.86 bits per heavy atom. The first-order valence-electron chi connectivity index (χ1n) is 7.04. The molecule has 1 N–H and O–H groups in total. The Hall–Kier alpha value is -2.36. The molecule has 0 aliphatic carbocycles. The summed E-state index contributed by atoms with van der Waals surface area (Å²) in [7, 11) is 0. The molecule has 0 saturated heterocycles. The van der Waals surface area contributed by atoms with Crippen LogP contribution in [0.3, 0.4) is 0 Å². The van der Waals surface area contributed by atoms with Crippen LogP contribution in [-0.4, -0.2) is 18.7 Å². The van der Waals surface area contributed by atoms with Crippen LogP contribution in [0, 0.1) is 0 Å². The number of ether oxygens (including phenoxy) is 1. The standard InChI is InChI=1S/C17H20N2O2/c1-4-14(18-5-2)10-13-8-9-21-17-7-6-15(11-16(13)17)19-12(3)20/h4-7,10-11H,8-9H2,1-3H3,(H,19,20)/b13-10-,14-4-,18-5?. The number of hydrogen-bond donors (Lipinski definition) is 1. The minimum Gasteiger partial charge on any atom is -0.493 e. The third kappa shape index (κ3) is 3.81. The number of nitrogens with zero attached hydrogens (tertiary/aromatic N) is 1. The summed E-state index contributed by atoms with van der Waals surface area (Å²) in [5.41, 5.74) is 3.88. The van der Waals surface area contributed by atoms with Crippen LogP contribution < -0.4 is 10.1 Å². The molecule has 0 atom stereocenters. The number of rotatable bonds is 3. The topological polar surface area (TPSA) is 50.7 Å². The number of benzene rings is 1. The van der Waals surface area contributed by atoms with Crippen molar-refractivity contribution in [1.29, 1.82) is 0 Å². The summed E-state index contributed by atoms with van der Waals surface area (Å²) in [6.07, 6.45) is 6.65. The van der Waals surface area contributed by atoms with Gasteiger partial charge in [-0.2, -0.15) is 0 Å². The molecule has 1 aromatic carbocycles. The highest BCUT2D eigenvalue weighted by Gasteiger charge is 2.16. The number of anilines is 1. The fourth-order valence-electron chi connectivity index (χ4n) is 2.27. The maximum absolute atomic E-state index is 11.2. The lowest BCUT2D eigenvalue weighted by Gasteiger charge is -2.21. The predicted octanol–water partition coefficient (Wildman–Crippen LogP) is 3.81. The molecule has 21 heavy (non-hydrogen) atoms. The van der Waals surface area contributed by atoms with Crippen molar-refractivity contribution >= 4 is 23.4 Å². The van der Waals surface area contributed by atoms with Crippen molar-refractivity contribution in [2.45, 2.75) is 27.2 Å². The average Bonchev–Trinajstić information content (AvgIpc) is 2.46. The Kier molecular flexibility index (Phi) is 4.93. The second-order valence-electron chi connectivity index (χ2n) is 4.76. The molecule has 2 rings (SSSR count). The van der Waals surface area contributed by atoms with Crippen molar-refractivity contribution < 1.29 is 9.53 Å². The van der Waals surface area contributed by atoms with Crippen LogP contribution in [-0.2, 0) is 4.79 Å². The molecule has 1 heterocycles. The molecular formula is C17H20N2O2. The van der Waals surface area contributed by atoms with E-state index in [4.69, 9.17) is 4.74 Å². The maximum atomic E-state index is 11.2. The van der Waals surface area contributed by atoms with Crippen LogP contribution in [0.5, 0.6) is 5.75 Å². The lowest BCUT2D eigenvalue weighted by atomic mass is 9.98. The summed E-state index contributed by atoms with van der Waals surface area (Å²) in [4.78, 5) is 15.5. The molecule has 0 aromatic heterocycles. The number of amides is 1. The average molecular weight is 284 g/mol. The third-order valence-electron chi connectivity index (χ3n) is 3.17. The van der Waals surface area contributed by atoms with Crippen molar-refractivity contribution in [1.82, 2.24) is 0 Å². The van der Waals surface area contributed by atoms with E-state index in [9.17, 15) is 4.79 Å². The zero-order valence-electron chi connectivity index (χ0n) is 12.6. The minimum absolute atomic E-state index is 0.0815. The monoisotopic (exact) mass is 284 g/mol. The van der Waals surface area contributed by atoms with Crippen LogP contribution in [0.15, 0.2) is 41.0 Å². The molecule has 1 aromatic rings. The summed E-state index contributed by atoms with van der Waals surface area (Å²) in [5, 5.41) is 2.80. The number of allylic oxidation sites excluding steroid dienone is 2. The molecule has 4 heteroatoms. The summed E-state index contributed by atoms with van der Waals surface area (Å²) in [5.74, 6) is 0.763. The van der Waals surface area contributed by atoms with E-state index in [0.717, 1.165) is 29.1 Å². The van der Waals surface area contributed by atoms with E-state index in [1.807, 2.05) is 38.1 Å². The quantitative estimate of drug-likeness (QED) is 0.858. The highest BCUT2D eigenvalue weighted by molar-refractivity contribution is 5.90. The Balaban J connectivity index is 2.41. The molecular weight excluding hydrogens is 264 g/mol. The smallest absolute Gasteiger partial charge is 0.221 e. The van der Waals surface area contributed by atoms with Gasteiger partial charge in [0.15, 0.2) is 0 Å². The number of fused-ring (bicyclic) bond motifs is 1. The van der Waals surface area contributed by atoms with E-state index < -0.39 is 0 Å². The van der Waals surface area contributed by atoms with Crippen LogP contribution in [0.4, 0.5) is 5.69 Å². The first-order valence-corrected chi connectivity index (χ1v) is 7.04. The predicted molar refractivity (Wildman–Crippen MR) is 86.8 cm³/mol. The molecule has 0 spiro atoms. The van der Waals surface area contributed by atoms with Gasteiger partial charge in [0.2, 0.25) is 5.91 Å². The molecule has 0 saturated carbocycles. The molecule has 1 aliphatic heterocycles. The Bertz CT molecular complexity index is 628. The maximum Gasteiger partial charge on any atom is 0.221 e. The van der Waals surface area contributed by atoms with Gasteiger partial charge in [0, 0.05) is 30.8 Å². The number of carbonyl (C=O) groups excluding carboxylic acids is 1. The molecule has 4 nitrogen and oxygen atoms in total. The summed E-state index contributed by atoms with van der Waals surface area (Å²) < 4.78 is 5.68. The highest BCUT2D eigenvalue weighted by atomic mass is 16.5. The number of aliphatic imine (C=N–C) groups is 1. The van der Waals surface area contributed by atoms with Crippen molar-refractivity contribution in [3.63, 3.8) is 0 Å². The Morgan fingerprint density at radius 1 is 1.38 bits per heavy atom. The van der Waals surface area contributed by atoms with Crippen molar-refractivity contribution in [2.24, 2.45) is 4.99 Å². The Morgan fingerprint density at radius 2 is 2.19 bits per heavy atom. The van der Waals surface area contributed by atoms with E-state index in [1.54, 1.807) is 6.21 Å². The van der Waals surface area contributed by atoms with Crippen molar-refractivity contribution in [3.05, 3.63) is 41.6 Å². The molecule has 1 amide bonds. The first-order chi connectivity index (χ1) is 10.1. The van der Waals surface area contributed by atoms with Gasteiger partial charge >= 0.3 is 0 Å². The zero-order chi connectivity index (χ0) is 15.2. The van der Waals surface area contributed by atoms with Gasteiger partial charge in [0.1, 0.15) is 5.75 Å². The van der Waals surface area contributed by atoms with Gasteiger partial charge in [-0.25, -0.2) is 0 Å². The van der Waals surface area contributed by atoms with Gasteiger partial charge in [0.05, 0.1) is 12.3 Å². The summed E-state index contributed by atoms with van der Waals surface area (Å²) >= 11 is 0. The van der Waals surface area contributed by atoms with Gasteiger partial charge in [-0.1, -0.05) is 6.08 Å². The Labute approximate surface area is 125 Å². The summed E-state index contributed by atoms with van der Waals surface area (Å²) in [6.45, 7) is 6.02. The van der Waals surface area contributed by atoms with Crippen LogP contribution in [0.2, 0.25) is 0 Å². The van der Waals surface area contributed by atoms with Gasteiger partial charge in [0.25, 0.3) is 0 Å². The third-order valence-corrected chi connectivity index (χ3v) is 3.17. The van der Waals surface area contributed by atoms with E-state index >= 15 is 0 Å². The van der Waals surface area contributed by atoms with E-state index in [0.29, 0.717) is 6.61 Å². The number of nitrogens with one attached hydrogen (secondary N) is 1. The normalized spacial score (nSPS) is 16.7. The fourth-order valence-corrected chi connectivity index (χ4v) is 2.27. The molecule has 0 fully saturated rings. The largest absolute Gasteiger partial charge is 0.493 e. The highest BCUT2D eigenvalue weighted by Crippen LogP contribution is 2.35.